The molecule has 3 heteroatoms. The zero-order valence-corrected chi connectivity index (χ0v) is 17.6. The first-order valence-electron chi connectivity index (χ1n) is 11.3. The highest BCUT2D eigenvalue weighted by atomic mass is 16.1. The molecule has 0 aliphatic carbocycles. The van der Waals surface area contributed by atoms with E-state index in [9.17, 15) is 4.79 Å². The van der Waals surface area contributed by atoms with Crippen LogP contribution in [0.25, 0.3) is 0 Å². The quantitative estimate of drug-likeness (QED) is 0.244. The highest BCUT2D eigenvalue weighted by Gasteiger charge is 2.02. The average Bonchev–Trinajstić information content (AvgIpc) is 2.66. The fourth-order valence-electron chi connectivity index (χ4n) is 3.43. The van der Waals surface area contributed by atoms with Gasteiger partial charge in [-0.05, 0) is 24.1 Å². The molecule has 0 heterocycles. The third-order valence-corrected chi connectivity index (χ3v) is 5.20. The van der Waals surface area contributed by atoms with Crippen LogP contribution in [0, 0.1) is 0 Å². The van der Waals surface area contributed by atoms with Crippen LogP contribution in [0.5, 0.6) is 0 Å². The summed E-state index contributed by atoms with van der Waals surface area (Å²) in [6, 6.07) is 7.52. The first kappa shape index (κ1) is 23.5. The van der Waals surface area contributed by atoms with Crippen molar-refractivity contribution in [3.63, 3.8) is 0 Å². The van der Waals surface area contributed by atoms with Crippen LogP contribution in [-0.2, 0) is 11.2 Å². The molecule has 1 aromatic carbocycles. The number of rotatable bonds is 17. The van der Waals surface area contributed by atoms with E-state index in [4.69, 9.17) is 5.73 Å². The summed E-state index contributed by atoms with van der Waals surface area (Å²) in [5.74, 6) is 0.106. The molecule has 0 aliphatic heterocycles. The van der Waals surface area contributed by atoms with Gasteiger partial charge in [0.2, 0.25) is 5.91 Å². The minimum absolute atomic E-state index is 0.106. The van der Waals surface area contributed by atoms with Crippen LogP contribution in [0.3, 0.4) is 0 Å². The van der Waals surface area contributed by atoms with Crippen molar-refractivity contribution in [2.24, 2.45) is 0 Å². The number of carbonyl (C=O) groups excluding carboxylic acids is 1. The van der Waals surface area contributed by atoms with Crippen molar-refractivity contribution in [2.75, 3.05) is 12.3 Å². The summed E-state index contributed by atoms with van der Waals surface area (Å²) in [7, 11) is 0. The van der Waals surface area contributed by atoms with E-state index in [1.165, 1.54) is 83.5 Å². The second-order valence-corrected chi connectivity index (χ2v) is 7.86. The van der Waals surface area contributed by atoms with Gasteiger partial charge in [0.15, 0.2) is 0 Å². The van der Waals surface area contributed by atoms with Crippen LogP contribution in [0.1, 0.15) is 102 Å². The number of hydrogen-bond acceptors (Lipinski definition) is 2. The number of carbonyl (C=O) groups is 1. The maximum Gasteiger partial charge on any atom is 0.224 e. The standard InChI is InChI=1S/C24H42N2O/c1-2-3-4-5-6-7-8-9-10-11-12-13-14-15-20-26-24(27)21-22-16-18-23(25)19-17-22/h16-19H,2-15,20-21,25H2,1H3,(H,26,27). The molecule has 27 heavy (non-hydrogen) atoms. The van der Waals surface area contributed by atoms with E-state index in [1.807, 2.05) is 24.3 Å². The topological polar surface area (TPSA) is 55.1 Å². The number of hydrogen-bond donors (Lipinski definition) is 2. The van der Waals surface area contributed by atoms with E-state index in [0.717, 1.165) is 24.2 Å². The number of anilines is 1. The molecular formula is C24H42N2O. The molecule has 3 nitrogen and oxygen atoms in total. The molecule has 0 spiro atoms. The summed E-state index contributed by atoms with van der Waals surface area (Å²) in [4.78, 5) is 11.9. The zero-order chi connectivity index (χ0) is 19.6. The summed E-state index contributed by atoms with van der Waals surface area (Å²) in [6.45, 7) is 3.07. The molecule has 0 radical (unpaired) electrons. The number of nitrogens with two attached hydrogens (primary N) is 1. The fraction of sp³-hybridized carbons (Fsp3) is 0.708. The van der Waals surface area contributed by atoms with Gasteiger partial charge in [-0.2, -0.15) is 0 Å². The maximum absolute atomic E-state index is 11.9. The van der Waals surface area contributed by atoms with Crippen LogP contribution in [0.2, 0.25) is 0 Å². The normalized spacial score (nSPS) is 10.9. The lowest BCUT2D eigenvalue weighted by Gasteiger charge is -2.06. The zero-order valence-electron chi connectivity index (χ0n) is 17.6. The molecule has 0 atom stereocenters. The van der Waals surface area contributed by atoms with Crippen LogP contribution in [0.15, 0.2) is 24.3 Å². The summed E-state index contributed by atoms with van der Waals surface area (Å²) in [5.41, 5.74) is 7.41. The average molecular weight is 375 g/mol. The van der Waals surface area contributed by atoms with E-state index in [2.05, 4.69) is 12.2 Å². The molecule has 0 unspecified atom stereocenters. The van der Waals surface area contributed by atoms with Crippen molar-refractivity contribution >= 4 is 11.6 Å². The van der Waals surface area contributed by atoms with E-state index in [0.29, 0.717) is 6.42 Å². The van der Waals surface area contributed by atoms with Crippen molar-refractivity contribution in [1.82, 2.24) is 5.32 Å². The highest BCUT2D eigenvalue weighted by Crippen LogP contribution is 2.13. The number of benzene rings is 1. The molecule has 1 amide bonds. The molecule has 0 aliphatic rings. The van der Waals surface area contributed by atoms with Gasteiger partial charge in [-0.3, -0.25) is 4.79 Å². The third-order valence-electron chi connectivity index (χ3n) is 5.20. The number of nitrogens with one attached hydrogen (secondary N) is 1. The lowest BCUT2D eigenvalue weighted by molar-refractivity contribution is -0.120. The molecule has 1 rings (SSSR count). The third kappa shape index (κ3) is 14.2. The van der Waals surface area contributed by atoms with Crippen molar-refractivity contribution < 1.29 is 4.79 Å². The summed E-state index contributed by atoms with van der Waals surface area (Å²) in [6.07, 6.45) is 19.5. The molecule has 0 bridgehead atoms. The van der Waals surface area contributed by atoms with Gasteiger partial charge in [-0.15, -0.1) is 0 Å². The molecule has 0 aromatic heterocycles. The fourth-order valence-corrected chi connectivity index (χ4v) is 3.43. The van der Waals surface area contributed by atoms with Crippen LogP contribution >= 0.6 is 0 Å². The molecule has 0 fully saturated rings. The lowest BCUT2D eigenvalue weighted by Crippen LogP contribution is -2.26. The largest absolute Gasteiger partial charge is 0.399 e. The van der Waals surface area contributed by atoms with Crippen molar-refractivity contribution in [3.8, 4) is 0 Å². The molecule has 154 valence electrons. The monoisotopic (exact) mass is 374 g/mol. The predicted octanol–water partition coefficient (Wildman–Crippen LogP) is 6.41. The second kappa shape index (κ2) is 16.6. The van der Waals surface area contributed by atoms with Gasteiger partial charge in [0.1, 0.15) is 0 Å². The Balaban J connectivity index is 1.81. The predicted molar refractivity (Wildman–Crippen MR) is 118 cm³/mol. The smallest absolute Gasteiger partial charge is 0.224 e. The van der Waals surface area contributed by atoms with Crippen LogP contribution in [0.4, 0.5) is 5.69 Å². The Morgan fingerprint density at radius 2 is 1.19 bits per heavy atom. The van der Waals surface area contributed by atoms with Crippen LogP contribution < -0.4 is 11.1 Å². The van der Waals surface area contributed by atoms with Crippen molar-refractivity contribution in [3.05, 3.63) is 29.8 Å². The lowest BCUT2D eigenvalue weighted by atomic mass is 10.0. The van der Waals surface area contributed by atoms with Crippen molar-refractivity contribution in [1.29, 1.82) is 0 Å². The van der Waals surface area contributed by atoms with Gasteiger partial charge < -0.3 is 11.1 Å². The van der Waals surface area contributed by atoms with Gasteiger partial charge in [-0.1, -0.05) is 103 Å². The van der Waals surface area contributed by atoms with E-state index >= 15 is 0 Å². The Kier molecular flexibility index (Phi) is 14.5. The summed E-state index contributed by atoms with van der Waals surface area (Å²) >= 11 is 0. The number of amides is 1. The first-order chi connectivity index (χ1) is 13.2. The van der Waals surface area contributed by atoms with Crippen LogP contribution in [-0.4, -0.2) is 12.5 Å². The van der Waals surface area contributed by atoms with Gasteiger partial charge in [0.25, 0.3) is 0 Å². The van der Waals surface area contributed by atoms with Gasteiger partial charge >= 0.3 is 0 Å². The minimum Gasteiger partial charge on any atom is -0.399 e. The summed E-state index contributed by atoms with van der Waals surface area (Å²) < 4.78 is 0. The number of nitrogen functional groups attached to an aromatic ring is 1. The molecule has 3 N–H and O–H groups in total. The van der Waals surface area contributed by atoms with Gasteiger partial charge in [0.05, 0.1) is 6.42 Å². The molecular weight excluding hydrogens is 332 g/mol. The number of unbranched alkanes of at least 4 members (excludes halogenated alkanes) is 13. The summed E-state index contributed by atoms with van der Waals surface area (Å²) in [5, 5.41) is 3.02. The molecule has 0 saturated heterocycles. The van der Waals surface area contributed by atoms with E-state index < -0.39 is 0 Å². The highest BCUT2D eigenvalue weighted by molar-refractivity contribution is 5.78. The Hall–Kier alpha value is -1.51. The Bertz CT molecular complexity index is 470. The van der Waals surface area contributed by atoms with E-state index in [-0.39, 0.29) is 5.91 Å². The minimum atomic E-state index is 0.106. The Labute approximate surface area is 167 Å². The Morgan fingerprint density at radius 3 is 1.67 bits per heavy atom. The van der Waals surface area contributed by atoms with E-state index in [1.54, 1.807) is 0 Å². The Morgan fingerprint density at radius 1 is 0.741 bits per heavy atom. The van der Waals surface area contributed by atoms with Gasteiger partial charge in [-0.25, -0.2) is 0 Å². The molecule has 1 aromatic rings. The van der Waals surface area contributed by atoms with Gasteiger partial charge in [0, 0.05) is 12.2 Å². The maximum atomic E-state index is 11.9. The van der Waals surface area contributed by atoms with Crippen molar-refractivity contribution in [2.45, 2.75) is 103 Å². The second-order valence-electron chi connectivity index (χ2n) is 7.86. The SMILES string of the molecule is CCCCCCCCCCCCCCCCNC(=O)Cc1ccc(N)cc1. The first-order valence-corrected chi connectivity index (χ1v) is 11.3. The molecule has 0 saturated carbocycles.